The van der Waals surface area contributed by atoms with Crippen LogP contribution < -0.4 is 0 Å². The van der Waals surface area contributed by atoms with Gasteiger partial charge in [0.25, 0.3) is 5.92 Å². The minimum atomic E-state index is -5.33. The van der Waals surface area contributed by atoms with Crippen LogP contribution in [-0.2, 0) is 0 Å². The summed E-state index contributed by atoms with van der Waals surface area (Å²) in [7, 11) is 0. The predicted molar refractivity (Wildman–Crippen MR) is 47.4 cm³/mol. The molecule has 3 atom stereocenters. The third-order valence-corrected chi connectivity index (χ3v) is 3.39. The van der Waals surface area contributed by atoms with Crippen LogP contribution >= 0.6 is 0 Å². The summed E-state index contributed by atoms with van der Waals surface area (Å²) in [5.41, 5.74) is -7.37. The third-order valence-electron chi connectivity index (χ3n) is 3.39. The molecule has 0 saturated heterocycles. The van der Waals surface area contributed by atoms with Gasteiger partial charge >= 0.3 is 6.18 Å². The van der Waals surface area contributed by atoms with Crippen LogP contribution in [0.3, 0.4) is 0 Å². The molecule has 102 valence electrons. The fourth-order valence-corrected chi connectivity index (χ4v) is 2.28. The molecule has 1 fully saturated rings. The second-order valence-electron chi connectivity index (χ2n) is 4.77. The first kappa shape index (κ1) is 14.6. The molecule has 0 N–H and O–H groups in total. The molecule has 0 aromatic rings. The molecular formula is C10H13F7. The Bertz CT molecular complexity index is 294. The maximum atomic E-state index is 13.7. The zero-order chi connectivity index (χ0) is 13.7. The molecule has 0 spiro atoms. The van der Waals surface area contributed by atoms with Gasteiger partial charge in [-0.25, -0.2) is 17.6 Å². The van der Waals surface area contributed by atoms with Gasteiger partial charge in [-0.3, -0.25) is 0 Å². The van der Waals surface area contributed by atoms with Crippen LogP contribution in [-0.4, -0.2) is 23.4 Å². The standard InChI is InChI=1S/C10H13F7/c1-3-6-4-8(12,10(15,16)17)5-7(2,11)9(6,13)14/h6H,3-5H2,1-2H3. The van der Waals surface area contributed by atoms with Crippen LogP contribution in [0, 0.1) is 5.92 Å². The van der Waals surface area contributed by atoms with E-state index in [9.17, 15) is 30.7 Å². The third kappa shape index (κ3) is 2.12. The molecule has 0 radical (unpaired) electrons. The van der Waals surface area contributed by atoms with Gasteiger partial charge in [0, 0.05) is 12.3 Å². The van der Waals surface area contributed by atoms with Crippen LogP contribution in [0.15, 0.2) is 0 Å². The maximum absolute atomic E-state index is 13.7. The Hall–Kier alpha value is -0.490. The summed E-state index contributed by atoms with van der Waals surface area (Å²) < 4.78 is 91.5. The molecule has 17 heavy (non-hydrogen) atoms. The van der Waals surface area contributed by atoms with E-state index in [1.165, 1.54) is 6.92 Å². The van der Waals surface area contributed by atoms with Crippen molar-refractivity contribution in [3.63, 3.8) is 0 Å². The number of halogens is 7. The van der Waals surface area contributed by atoms with Crippen LogP contribution in [0.1, 0.15) is 33.1 Å². The minimum Gasteiger partial charge on any atom is -0.237 e. The molecule has 0 amide bonds. The van der Waals surface area contributed by atoms with E-state index < -0.39 is 48.6 Å². The summed E-state index contributed by atoms with van der Waals surface area (Å²) >= 11 is 0. The summed E-state index contributed by atoms with van der Waals surface area (Å²) in [6, 6.07) is 0. The Labute approximate surface area is 94.2 Å². The van der Waals surface area contributed by atoms with Gasteiger partial charge in [0.2, 0.25) is 5.67 Å². The van der Waals surface area contributed by atoms with Crippen molar-refractivity contribution in [3.8, 4) is 0 Å². The molecular weight excluding hydrogens is 253 g/mol. The lowest BCUT2D eigenvalue weighted by atomic mass is 9.68. The highest BCUT2D eigenvalue weighted by molar-refractivity contribution is 5.09. The summed E-state index contributed by atoms with van der Waals surface area (Å²) in [6.45, 7) is 1.52. The molecule has 7 heteroatoms. The molecule has 0 bridgehead atoms. The van der Waals surface area contributed by atoms with Gasteiger partial charge in [-0.2, -0.15) is 13.2 Å². The van der Waals surface area contributed by atoms with E-state index in [0.717, 1.165) is 0 Å². The van der Waals surface area contributed by atoms with Gasteiger partial charge in [-0.1, -0.05) is 6.92 Å². The van der Waals surface area contributed by atoms with E-state index in [1.54, 1.807) is 0 Å². The molecule has 0 nitrogen and oxygen atoms in total. The number of rotatable bonds is 1. The molecule has 0 aromatic heterocycles. The first-order chi connectivity index (χ1) is 7.37. The van der Waals surface area contributed by atoms with Crippen molar-refractivity contribution < 1.29 is 30.7 Å². The summed E-state index contributed by atoms with van der Waals surface area (Å²) in [5, 5.41) is 0. The molecule has 0 heterocycles. The first-order valence-electron chi connectivity index (χ1n) is 5.20. The second kappa shape index (κ2) is 3.75. The van der Waals surface area contributed by atoms with Crippen LogP contribution in [0.5, 0.6) is 0 Å². The molecule has 0 aliphatic heterocycles. The average molecular weight is 266 g/mol. The molecule has 1 aliphatic rings. The van der Waals surface area contributed by atoms with Gasteiger partial charge in [0.05, 0.1) is 0 Å². The van der Waals surface area contributed by atoms with Crippen molar-refractivity contribution in [1.82, 2.24) is 0 Å². The number of alkyl halides is 7. The van der Waals surface area contributed by atoms with Crippen LogP contribution in [0.2, 0.25) is 0 Å². The molecule has 0 aromatic carbocycles. The normalized spacial score (nSPS) is 42.5. The van der Waals surface area contributed by atoms with Gasteiger partial charge in [0.15, 0.2) is 5.67 Å². The Kier molecular flexibility index (Phi) is 3.21. The van der Waals surface area contributed by atoms with E-state index in [4.69, 9.17) is 0 Å². The quantitative estimate of drug-likeness (QED) is 0.615. The lowest BCUT2D eigenvalue weighted by Crippen LogP contribution is -2.61. The lowest BCUT2D eigenvalue weighted by Gasteiger charge is -2.47. The second-order valence-corrected chi connectivity index (χ2v) is 4.77. The maximum Gasteiger partial charge on any atom is 0.422 e. The van der Waals surface area contributed by atoms with Crippen molar-refractivity contribution in [2.45, 2.75) is 56.5 Å². The lowest BCUT2D eigenvalue weighted by molar-refractivity contribution is -0.297. The molecule has 3 unspecified atom stereocenters. The topological polar surface area (TPSA) is 0 Å². The van der Waals surface area contributed by atoms with Crippen molar-refractivity contribution >= 4 is 0 Å². The van der Waals surface area contributed by atoms with Gasteiger partial charge in [0.1, 0.15) is 0 Å². The monoisotopic (exact) mass is 266 g/mol. The van der Waals surface area contributed by atoms with E-state index in [-0.39, 0.29) is 0 Å². The van der Waals surface area contributed by atoms with E-state index in [2.05, 4.69) is 0 Å². The molecule has 1 rings (SSSR count). The van der Waals surface area contributed by atoms with Gasteiger partial charge in [-0.05, 0) is 19.8 Å². The summed E-state index contributed by atoms with van der Waals surface area (Å²) in [6.07, 6.45) is -8.98. The zero-order valence-electron chi connectivity index (χ0n) is 9.34. The average Bonchev–Trinajstić information content (AvgIpc) is 2.09. The largest absolute Gasteiger partial charge is 0.422 e. The smallest absolute Gasteiger partial charge is 0.237 e. The fourth-order valence-electron chi connectivity index (χ4n) is 2.28. The highest BCUT2D eigenvalue weighted by Gasteiger charge is 2.71. The fraction of sp³-hybridized carbons (Fsp3) is 1.00. The van der Waals surface area contributed by atoms with Crippen LogP contribution in [0.25, 0.3) is 0 Å². The van der Waals surface area contributed by atoms with Crippen molar-refractivity contribution in [2.75, 3.05) is 0 Å². The van der Waals surface area contributed by atoms with E-state index in [0.29, 0.717) is 6.92 Å². The van der Waals surface area contributed by atoms with E-state index in [1.807, 2.05) is 0 Å². The highest BCUT2D eigenvalue weighted by Crippen LogP contribution is 2.57. The Morgan fingerprint density at radius 2 is 1.59 bits per heavy atom. The number of hydrogen-bond donors (Lipinski definition) is 0. The summed E-state index contributed by atoms with van der Waals surface area (Å²) in [5.74, 6) is -5.89. The summed E-state index contributed by atoms with van der Waals surface area (Å²) in [4.78, 5) is 0. The minimum absolute atomic E-state index is 0.328. The Morgan fingerprint density at radius 3 is 1.94 bits per heavy atom. The van der Waals surface area contributed by atoms with Crippen molar-refractivity contribution in [2.24, 2.45) is 5.92 Å². The highest BCUT2D eigenvalue weighted by atomic mass is 19.4. The number of hydrogen-bond acceptors (Lipinski definition) is 0. The Balaban J connectivity index is 3.15. The van der Waals surface area contributed by atoms with Crippen LogP contribution in [0.4, 0.5) is 30.7 Å². The van der Waals surface area contributed by atoms with E-state index >= 15 is 0 Å². The van der Waals surface area contributed by atoms with Gasteiger partial charge < -0.3 is 0 Å². The molecule has 1 saturated carbocycles. The predicted octanol–water partition coefficient (Wildman–Crippen LogP) is 4.44. The van der Waals surface area contributed by atoms with Crippen molar-refractivity contribution in [3.05, 3.63) is 0 Å². The zero-order valence-corrected chi connectivity index (χ0v) is 9.34. The molecule has 1 aliphatic carbocycles. The van der Waals surface area contributed by atoms with Crippen molar-refractivity contribution in [1.29, 1.82) is 0 Å². The SMILES string of the molecule is CCC1CC(F)(C(F)(F)F)CC(C)(F)C1(F)F. The first-order valence-corrected chi connectivity index (χ1v) is 5.20. The Morgan fingerprint density at radius 1 is 1.12 bits per heavy atom. The van der Waals surface area contributed by atoms with Gasteiger partial charge in [-0.15, -0.1) is 0 Å².